The molecule has 196 valence electrons. The first-order valence-corrected chi connectivity index (χ1v) is 13.8. The Morgan fingerprint density at radius 3 is 2.49 bits per heavy atom. The maximum atomic E-state index is 12.8. The number of hydrogen-bond donors (Lipinski definition) is 2. The van der Waals surface area contributed by atoms with E-state index in [1.807, 2.05) is 0 Å². The van der Waals surface area contributed by atoms with Gasteiger partial charge in [-0.2, -0.15) is 9.41 Å². The van der Waals surface area contributed by atoms with Crippen LogP contribution >= 0.6 is 11.8 Å². The summed E-state index contributed by atoms with van der Waals surface area (Å²) >= 11 is 1.13. The number of amides is 2. The topological polar surface area (TPSA) is 139 Å². The van der Waals surface area contributed by atoms with Gasteiger partial charge in [0.2, 0.25) is 21.8 Å². The van der Waals surface area contributed by atoms with Crippen molar-refractivity contribution in [3.63, 3.8) is 0 Å². The lowest BCUT2D eigenvalue weighted by molar-refractivity contribution is -0.122. The van der Waals surface area contributed by atoms with Gasteiger partial charge < -0.3 is 20.1 Å². The van der Waals surface area contributed by atoms with Crippen molar-refractivity contribution in [3.05, 3.63) is 54.1 Å². The Hall–Kier alpha value is -3.26. The number of anilines is 1. The summed E-state index contributed by atoms with van der Waals surface area (Å²) in [4.78, 5) is 24.9. The van der Waals surface area contributed by atoms with E-state index >= 15 is 0 Å². The molecular weight excluding hydrogens is 518 g/mol. The summed E-state index contributed by atoms with van der Waals surface area (Å²) in [7, 11) is -2.02. The van der Waals surface area contributed by atoms with Crippen LogP contribution in [0.1, 0.15) is 18.9 Å². The number of rotatable bonds is 8. The Morgan fingerprint density at radius 2 is 1.84 bits per heavy atom. The Bertz CT molecular complexity index is 1300. The second-order valence-electron chi connectivity index (χ2n) is 8.21. The molecule has 0 radical (unpaired) electrons. The number of carbonyl (C=O) groups is 2. The molecule has 1 atom stereocenters. The lowest BCUT2D eigenvalue weighted by Gasteiger charge is -2.26. The monoisotopic (exact) mass is 545 g/mol. The molecule has 0 saturated carbocycles. The van der Waals surface area contributed by atoms with E-state index in [1.165, 1.54) is 16.4 Å². The molecular formula is C24H27N5O6S2. The van der Waals surface area contributed by atoms with Gasteiger partial charge in [-0.3, -0.25) is 9.59 Å². The van der Waals surface area contributed by atoms with Gasteiger partial charge in [0.15, 0.2) is 5.17 Å². The molecule has 0 bridgehead atoms. The predicted molar refractivity (Wildman–Crippen MR) is 141 cm³/mol. The smallest absolute Gasteiger partial charge is 0.243 e. The van der Waals surface area contributed by atoms with E-state index in [0.29, 0.717) is 49.0 Å². The second kappa shape index (κ2) is 11.9. The van der Waals surface area contributed by atoms with E-state index in [-0.39, 0.29) is 28.3 Å². The average Bonchev–Trinajstić information content (AvgIpc) is 3.26. The van der Waals surface area contributed by atoms with E-state index in [2.05, 4.69) is 20.8 Å². The molecule has 2 fully saturated rings. The fraction of sp³-hybridized carbons (Fsp3) is 0.333. The van der Waals surface area contributed by atoms with E-state index in [9.17, 15) is 18.0 Å². The average molecular weight is 546 g/mol. The predicted octanol–water partition coefficient (Wildman–Crippen LogP) is 2.06. The minimum Gasteiger partial charge on any atom is -0.497 e. The first-order chi connectivity index (χ1) is 17.8. The van der Waals surface area contributed by atoms with Gasteiger partial charge in [-0.15, -0.1) is 5.10 Å². The SMILES string of the molecule is COc1ccc(NC(=O)CC2S/C(=N\N=C(/C)c3ccc(S(=O)(=O)N4CCOCC4)cc3)NC2=O)cc1. The summed E-state index contributed by atoms with van der Waals surface area (Å²) < 4.78 is 37.3. The molecule has 0 spiro atoms. The fourth-order valence-corrected chi connectivity index (χ4v) is 5.95. The number of methoxy groups -OCH3 is 1. The van der Waals surface area contributed by atoms with Crippen molar-refractivity contribution in [2.75, 3.05) is 38.7 Å². The van der Waals surface area contributed by atoms with Gasteiger partial charge in [0.1, 0.15) is 11.0 Å². The first kappa shape index (κ1) is 26.8. The van der Waals surface area contributed by atoms with Crippen LogP contribution in [0.2, 0.25) is 0 Å². The molecule has 2 aromatic rings. The van der Waals surface area contributed by atoms with Crippen LogP contribution in [0.15, 0.2) is 63.6 Å². The Kier molecular flexibility index (Phi) is 8.59. The minimum atomic E-state index is -3.58. The van der Waals surface area contributed by atoms with Crippen LogP contribution in [0.3, 0.4) is 0 Å². The normalized spacial score (nSPS) is 20.1. The van der Waals surface area contributed by atoms with Crippen LogP contribution < -0.4 is 15.4 Å². The van der Waals surface area contributed by atoms with Crippen LogP contribution in [0.4, 0.5) is 5.69 Å². The minimum absolute atomic E-state index is 0.0245. The zero-order valence-electron chi connectivity index (χ0n) is 20.3. The molecule has 2 amide bonds. The number of morpholine rings is 1. The molecule has 0 aromatic heterocycles. The highest BCUT2D eigenvalue weighted by molar-refractivity contribution is 8.15. The molecule has 2 heterocycles. The first-order valence-electron chi connectivity index (χ1n) is 11.5. The number of ether oxygens (including phenoxy) is 2. The Morgan fingerprint density at radius 1 is 1.16 bits per heavy atom. The second-order valence-corrected chi connectivity index (χ2v) is 11.3. The number of nitrogens with zero attached hydrogens (tertiary/aromatic N) is 3. The zero-order valence-corrected chi connectivity index (χ0v) is 22.0. The van der Waals surface area contributed by atoms with Crippen LogP contribution in [-0.2, 0) is 24.3 Å². The Balaban J connectivity index is 1.34. The number of amidine groups is 1. The number of nitrogens with one attached hydrogen (secondary N) is 2. The number of sulfonamides is 1. The highest BCUT2D eigenvalue weighted by Crippen LogP contribution is 2.24. The van der Waals surface area contributed by atoms with Gasteiger partial charge in [-0.25, -0.2) is 8.42 Å². The van der Waals surface area contributed by atoms with E-state index in [0.717, 1.165) is 11.8 Å². The summed E-state index contributed by atoms with van der Waals surface area (Å²) in [6.07, 6.45) is -0.0245. The highest BCUT2D eigenvalue weighted by atomic mass is 32.2. The molecule has 0 aliphatic carbocycles. The van der Waals surface area contributed by atoms with Gasteiger partial charge in [0.25, 0.3) is 0 Å². The van der Waals surface area contributed by atoms with Crippen LogP contribution in [-0.4, -0.2) is 74.1 Å². The third-order valence-corrected chi connectivity index (χ3v) is 8.68. The molecule has 2 aliphatic heterocycles. The molecule has 2 aliphatic rings. The molecule has 2 saturated heterocycles. The van der Waals surface area contributed by atoms with Crippen molar-refractivity contribution in [2.24, 2.45) is 10.2 Å². The molecule has 13 heteroatoms. The maximum absolute atomic E-state index is 12.8. The van der Waals surface area contributed by atoms with Gasteiger partial charge in [0, 0.05) is 25.2 Å². The van der Waals surface area contributed by atoms with Gasteiger partial charge in [-0.1, -0.05) is 23.9 Å². The quantitative estimate of drug-likeness (QED) is 0.382. The van der Waals surface area contributed by atoms with Gasteiger partial charge in [0.05, 0.1) is 30.9 Å². The fourth-order valence-electron chi connectivity index (χ4n) is 3.62. The molecule has 11 nitrogen and oxygen atoms in total. The third-order valence-electron chi connectivity index (χ3n) is 5.69. The van der Waals surface area contributed by atoms with Crippen molar-refractivity contribution in [1.82, 2.24) is 9.62 Å². The van der Waals surface area contributed by atoms with E-state index in [1.54, 1.807) is 50.4 Å². The number of benzene rings is 2. The van der Waals surface area contributed by atoms with Gasteiger partial charge in [-0.05, 0) is 48.9 Å². The maximum Gasteiger partial charge on any atom is 0.243 e. The van der Waals surface area contributed by atoms with Crippen LogP contribution in [0, 0.1) is 0 Å². The largest absolute Gasteiger partial charge is 0.497 e. The van der Waals surface area contributed by atoms with E-state index < -0.39 is 15.3 Å². The van der Waals surface area contributed by atoms with Crippen molar-refractivity contribution >= 4 is 50.2 Å². The van der Waals surface area contributed by atoms with E-state index in [4.69, 9.17) is 9.47 Å². The van der Waals surface area contributed by atoms with Crippen molar-refractivity contribution in [1.29, 1.82) is 0 Å². The lowest BCUT2D eigenvalue weighted by Crippen LogP contribution is -2.40. The molecule has 37 heavy (non-hydrogen) atoms. The third kappa shape index (κ3) is 6.74. The lowest BCUT2D eigenvalue weighted by atomic mass is 10.1. The number of hydrogen-bond acceptors (Lipinski definition) is 9. The molecule has 1 unspecified atom stereocenters. The van der Waals surface area contributed by atoms with Crippen LogP contribution in [0.25, 0.3) is 0 Å². The van der Waals surface area contributed by atoms with Crippen LogP contribution in [0.5, 0.6) is 5.75 Å². The molecule has 2 N–H and O–H groups in total. The zero-order chi connectivity index (χ0) is 26.4. The van der Waals surface area contributed by atoms with Crippen molar-refractivity contribution in [2.45, 2.75) is 23.5 Å². The summed E-state index contributed by atoms with van der Waals surface area (Å²) in [5, 5.41) is 13.3. The summed E-state index contributed by atoms with van der Waals surface area (Å²) in [6.45, 7) is 3.15. The van der Waals surface area contributed by atoms with Crippen molar-refractivity contribution < 1.29 is 27.5 Å². The molecule has 2 aromatic carbocycles. The number of carbonyl (C=O) groups excluding carboxylic acids is 2. The number of thioether (sulfide) groups is 1. The summed E-state index contributed by atoms with van der Waals surface area (Å²) in [5.41, 5.74) is 1.83. The van der Waals surface area contributed by atoms with Gasteiger partial charge >= 0.3 is 0 Å². The highest BCUT2D eigenvalue weighted by Gasteiger charge is 2.32. The Labute approximate surface area is 219 Å². The summed E-state index contributed by atoms with van der Waals surface area (Å²) in [6, 6.07) is 13.3. The standard InChI is InChI=1S/C24H27N5O6S2/c1-16(17-3-9-20(10-4-17)37(32,33)29-11-13-35-14-12-29)27-28-24-26-23(31)21(36-24)15-22(30)25-18-5-7-19(34-2)8-6-18/h3-10,21H,11-15H2,1-2H3,(H,25,30)(H,26,28,31)/b27-16+. The molecule has 4 rings (SSSR count). The summed E-state index contributed by atoms with van der Waals surface area (Å²) in [5.74, 6) is 0.0550. The van der Waals surface area contributed by atoms with Crippen molar-refractivity contribution in [3.8, 4) is 5.75 Å².